The summed E-state index contributed by atoms with van der Waals surface area (Å²) in [7, 11) is 0. The number of nitrogens with zero attached hydrogens (tertiary/aromatic N) is 4. The Morgan fingerprint density at radius 2 is 1.43 bits per heavy atom. The molecule has 0 aliphatic rings. The first kappa shape index (κ1) is 17.5. The molecule has 4 rings (SSSR count). The van der Waals surface area contributed by atoms with Gasteiger partial charge in [-0.25, -0.2) is 0 Å². The summed E-state index contributed by atoms with van der Waals surface area (Å²) in [6.45, 7) is 1.80. The number of benzene rings is 1. The van der Waals surface area contributed by atoms with Crippen LogP contribution in [0.3, 0.4) is 0 Å². The lowest BCUT2D eigenvalue weighted by atomic mass is 10.0. The Hall–Kier alpha value is -3.87. The first-order chi connectivity index (χ1) is 13.7. The van der Waals surface area contributed by atoms with Crippen molar-refractivity contribution in [2.45, 2.75) is 13.0 Å². The van der Waals surface area contributed by atoms with E-state index in [0.717, 1.165) is 16.7 Å². The van der Waals surface area contributed by atoms with Gasteiger partial charge in [0.05, 0.1) is 0 Å². The molecule has 0 bridgehead atoms. The average Bonchev–Trinajstić information content (AvgIpc) is 3.26. The molecule has 1 N–H and O–H groups in total. The lowest BCUT2D eigenvalue weighted by Gasteiger charge is -2.10. The first-order valence-corrected chi connectivity index (χ1v) is 8.76. The molecular formula is C21H17N5O2. The molecule has 138 valence electrons. The minimum atomic E-state index is -0.421. The van der Waals surface area contributed by atoms with Gasteiger partial charge < -0.3 is 9.84 Å². The molecule has 1 unspecified atom stereocenters. The molecule has 1 amide bonds. The molecule has 0 fully saturated rings. The minimum absolute atomic E-state index is 0.211. The molecule has 0 radical (unpaired) electrons. The summed E-state index contributed by atoms with van der Waals surface area (Å²) in [5.74, 6) is 0.589. The molecule has 3 aromatic heterocycles. The zero-order valence-corrected chi connectivity index (χ0v) is 15.1. The van der Waals surface area contributed by atoms with Gasteiger partial charge in [-0.1, -0.05) is 17.3 Å². The Morgan fingerprint density at radius 1 is 0.857 bits per heavy atom. The second-order valence-electron chi connectivity index (χ2n) is 6.20. The number of pyridine rings is 2. The fraction of sp³-hybridized carbons (Fsp3) is 0.0952. The Bertz CT molecular complexity index is 1060. The van der Waals surface area contributed by atoms with Crippen molar-refractivity contribution in [1.29, 1.82) is 0 Å². The highest BCUT2D eigenvalue weighted by Crippen LogP contribution is 2.20. The van der Waals surface area contributed by atoms with Crippen molar-refractivity contribution in [2.24, 2.45) is 0 Å². The van der Waals surface area contributed by atoms with Gasteiger partial charge in [0.15, 0.2) is 0 Å². The van der Waals surface area contributed by atoms with Crippen LogP contribution >= 0.6 is 0 Å². The number of hydrogen-bond donors (Lipinski definition) is 1. The van der Waals surface area contributed by atoms with E-state index < -0.39 is 6.04 Å². The van der Waals surface area contributed by atoms with E-state index in [4.69, 9.17) is 4.52 Å². The number of amides is 1. The number of aromatic nitrogens is 4. The summed E-state index contributed by atoms with van der Waals surface area (Å²) in [5, 5.41) is 6.84. The molecule has 0 saturated carbocycles. The third kappa shape index (κ3) is 3.78. The molecule has 0 aliphatic heterocycles. The number of carbonyl (C=O) groups is 1. The monoisotopic (exact) mass is 371 g/mol. The molecular weight excluding hydrogens is 354 g/mol. The van der Waals surface area contributed by atoms with Crippen LogP contribution < -0.4 is 5.32 Å². The van der Waals surface area contributed by atoms with Gasteiger partial charge >= 0.3 is 0 Å². The second-order valence-corrected chi connectivity index (χ2v) is 6.20. The molecule has 0 spiro atoms. The van der Waals surface area contributed by atoms with Crippen LogP contribution in [0.5, 0.6) is 0 Å². The largest absolute Gasteiger partial charge is 0.341 e. The Kier molecular flexibility index (Phi) is 4.88. The Morgan fingerprint density at radius 3 is 2.07 bits per heavy atom. The molecule has 7 heteroatoms. The van der Waals surface area contributed by atoms with Gasteiger partial charge in [0.2, 0.25) is 11.7 Å². The number of nitrogens with one attached hydrogen (secondary N) is 1. The minimum Gasteiger partial charge on any atom is -0.341 e. The molecule has 3 heterocycles. The van der Waals surface area contributed by atoms with E-state index >= 15 is 0 Å². The third-order valence-electron chi connectivity index (χ3n) is 4.26. The van der Waals surface area contributed by atoms with Crippen molar-refractivity contribution >= 4 is 5.91 Å². The molecule has 1 aromatic carbocycles. The van der Waals surface area contributed by atoms with E-state index in [9.17, 15) is 4.79 Å². The van der Waals surface area contributed by atoms with Gasteiger partial charge in [-0.2, -0.15) is 4.98 Å². The normalized spacial score (nSPS) is 11.8. The van der Waals surface area contributed by atoms with Crippen molar-refractivity contribution in [1.82, 2.24) is 25.4 Å². The summed E-state index contributed by atoms with van der Waals surface area (Å²) in [6, 6.07) is 14.4. The zero-order valence-electron chi connectivity index (χ0n) is 15.1. The van der Waals surface area contributed by atoms with Crippen molar-refractivity contribution in [3.63, 3.8) is 0 Å². The first-order valence-electron chi connectivity index (χ1n) is 8.76. The van der Waals surface area contributed by atoms with Crippen LogP contribution in [0.1, 0.15) is 29.2 Å². The van der Waals surface area contributed by atoms with E-state index in [-0.39, 0.29) is 5.91 Å². The quantitative estimate of drug-likeness (QED) is 0.575. The van der Waals surface area contributed by atoms with Gasteiger partial charge in [0.1, 0.15) is 6.04 Å². The van der Waals surface area contributed by atoms with Crippen LogP contribution in [-0.2, 0) is 0 Å². The molecule has 28 heavy (non-hydrogen) atoms. The summed E-state index contributed by atoms with van der Waals surface area (Å²) in [4.78, 5) is 24.9. The highest BCUT2D eigenvalue weighted by Gasteiger charge is 2.18. The third-order valence-corrected chi connectivity index (χ3v) is 4.26. The van der Waals surface area contributed by atoms with Crippen molar-refractivity contribution < 1.29 is 9.32 Å². The van der Waals surface area contributed by atoms with Crippen LogP contribution in [0, 0.1) is 0 Å². The second kappa shape index (κ2) is 7.79. The predicted octanol–water partition coefficient (Wildman–Crippen LogP) is 3.68. The van der Waals surface area contributed by atoms with Gasteiger partial charge in [0.25, 0.3) is 5.91 Å². The molecule has 7 nitrogen and oxygen atoms in total. The maximum absolute atomic E-state index is 12.5. The smallest absolute Gasteiger partial charge is 0.251 e. The zero-order chi connectivity index (χ0) is 19.3. The van der Waals surface area contributed by atoms with Gasteiger partial charge in [-0.05, 0) is 54.4 Å². The number of rotatable bonds is 5. The lowest BCUT2D eigenvalue weighted by molar-refractivity contribution is 0.0932. The Labute approximate surface area is 161 Å². The van der Waals surface area contributed by atoms with Crippen LogP contribution in [-0.4, -0.2) is 26.0 Å². The SMILES string of the molecule is CC(NC(=O)c1ccc(-c2ccncc2)cc1)c1nc(-c2ccncc2)no1. The van der Waals surface area contributed by atoms with E-state index in [1.807, 2.05) is 24.3 Å². The average molecular weight is 371 g/mol. The summed E-state index contributed by atoms with van der Waals surface area (Å²) in [6.07, 6.45) is 6.79. The highest BCUT2D eigenvalue weighted by atomic mass is 16.5. The number of hydrogen-bond acceptors (Lipinski definition) is 6. The fourth-order valence-corrected chi connectivity index (χ4v) is 2.73. The predicted molar refractivity (Wildman–Crippen MR) is 103 cm³/mol. The number of carbonyl (C=O) groups excluding carboxylic acids is 1. The molecule has 0 aliphatic carbocycles. The Balaban J connectivity index is 1.44. The van der Waals surface area contributed by atoms with Crippen LogP contribution in [0.15, 0.2) is 77.8 Å². The molecule has 4 aromatic rings. The van der Waals surface area contributed by atoms with E-state index in [2.05, 4.69) is 25.4 Å². The van der Waals surface area contributed by atoms with Crippen molar-refractivity contribution in [2.75, 3.05) is 0 Å². The van der Waals surface area contributed by atoms with E-state index in [1.165, 1.54) is 0 Å². The standard InChI is InChI=1S/C21H17N5O2/c1-14(21-25-19(26-28-21)17-8-12-23-13-9-17)24-20(27)18-4-2-15(3-5-18)16-6-10-22-11-7-16/h2-14H,1H3,(H,24,27). The molecule has 1 atom stereocenters. The van der Waals surface area contributed by atoms with Gasteiger partial charge in [-0.3, -0.25) is 14.8 Å². The van der Waals surface area contributed by atoms with Crippen LogP contribution in [0.4, 0.5) is 0 Å². The fourth-order valence-electron chi connectivity index (χ4n) is 2.73. The summed E-state index contributed by atoms with van der Waals surface area (Å²) >= 11 is 0. The molecule has 0 saturated heterocycles. The van der Waals surface area contributed by atoms with Gasteiger partial charge in [0, 0.05) is 35.9 Å². The van der Waals surface area contributed by atoms with E-state index in [0.29, 0.717) is 17.3 Å². The maximum Gasteiger partial charge on any atom is 0.251 e. The summed E-state index contributed by atoms with van der Waals surface area (Å²) in [5.41, 5.74) is 3.42. The van der Waals surface area contributed by atoms with E-state index in [1.54, 1.807) is 56.0 Å². The van der Waals surface area contributed by atoms with Crippen LogP contribution in [0.25, 0.3) is 22.5 Å². The van der Waals surface area contributed by atoms with Gasteiger partial charge in [-0.15, -0.1) is 0 Å². The summed E-state index contributed by atoms with van der Waals surface area (Å²) < 4.78 is 5.29. The van der Waals surface area contributed by atoms with Crippen molar-refractivity contribution in [3.05, 3.63) is 84.8 Å². The lowest BCUT2D eigenvalue weighted by Crippen LogP contribution is -2.26. The maximum atomic E-state index is 12.5. The highest BCUT2D eigenvalue weighted by molar-refractivity contribution is 5.94. The van der Waals surface area contributed by atoms with Crippen molar-refractivity contribution in [3.8, 4) is 22.5 Å². The van der Waals surface area contributed by atoms with Crippen LogP contribution in [0.2, 0.25) is 0 Å². The topological polar surface area (TPSA) is 93.8 Å².